The van der Waals surface area contributed by atoms with Gasteiger partial charge in [0.25, 0.3) is 0 Å². The van der Waals surface area contributed by atoms with Gasteiger partial charge in [-0.3, -0.25) is 4.57 Å². The summed E-state index contributed by atoms with van der Waals surface area (Å²) in [7, 11) is 0. The van der Waals surface area contributed by atoms with Gasteiger partial charge >= 0.3 is 5.77 Å². The van der Waals surface area contributed by atoms with Gasteiger partial charge in [0.05, 0.1) is 6.61 Å². The molecule has 0 aromatic heterocycles. The summed E-state index contributed by atoms with van der Waals surface area (Å²) in [5.74, 6) is -2.38. The summed E-state index contributed by atoms with van der Waals surface area (Å²) < 4.78 is 16.1. The Kier molecular flexibility index (Phi) is 7.71. The van der Waals surface area contributed by atoms with Crippen molar-refractivity contribution in [3.05, 3.63) is 0 Å². The van der Waals surface area contributed by atoms with Gasteiger partial charge in [-0.25, -0.2) is 0 Å². The number of thiol groups is 2. The summed E-state index contributed by atoms with van der Waals surface area (Å²) in [5.41, 5.74) is 0. The molecule has 0 aliphatic heterocycles. The first-order chi connectivity index (χ1) is 5.99. The summed E-state index contributed by atoms with van der Waals surface area (Å²) in [6.45, 7) is 4.79. The van der Waals surface area contributed by atoms with Crippen molar-refractivity contribution in [3.63, 3.8) is 0 Å². The summed E-state index contributed by atoms with van der Waals surface area (Å²) in [6.07, 6.45) is 4.58. The molecule has 0 bridgehead atoms. The minimum absolute atomic E-state index is 0.493. The summed E-state index contributed by atoms with van der Waals surface area (Å²) in [4.78, 5) is 0. The van der Waals surface area contributed by atoms with Gasteiger partial charge in [-0.05, 0) is 12.3 Å². The molecule has 0 spiro atoms. The van der Waals surface area contributed by atoms with Crippen LogP contribution in [0.4, 0.5) is 0 Å². The Bertz CT molecular complexity index is 170. The van der Waals surface area contributed by atoms with Crippen molar-refractivity contribution in [2.75, 3.05) is 6.61 Å². The third-order valence-corrected chi connectivity index (χ3v) is 3.20. The van der Waals surface area contributed by atoms with Gasteiger partial charge in [0.2, 0.25) is 0 Å². The molecule has 1 unspecified atom stereocenters. The molecule has 0 fully saturated rings. The smallest absolute Gasteiger partial charge is 0.307 e. The molecule has 80 valence electrons. The first kappa shape index (κ1) is 13.9. The summed E-state index contributed by atoms with van der Waals surface area (Å²) >= 11 is 7.51. The molecule has 0 saturated heterocycles. The average Bonchev–Trinajstić information content (AvgIpc) is 2.03. The third-order valence-electron chi connectivity index (χ3n) is 2.02. The van der Waals surface area contributed by atoms with Crippen LogP contribution >= 0.6 is 30.3 Å². The minimum Gasteiger partial charge on any atom is -0.314 e. The van der Waals surface area contributed by atoms with E-state index in [2.05, 4.69) is 38.3 Å². The zero-order chi connectivity index (χ0) is 10.3. The van der Waals surface area contributed by atoms with E-state index in [1.165, 1.54) is 12.8 Å². The zero-order valence-corrected chi connectivity index (χ0v) is 11.0. The van der Waals surface area contributed by atoms with E-state index < -0.39 is 5.77 Å². The Morgan fingerprint density at radius 3 is 2.38 bits per heavy atom. The van der Waals surface area contributed by atoms with Crippen molar-refractivity contribution in [1.82, 2.24) is 0 Å². The second kappa shape index (κ2) is 7.22. The van der Waals surface area contributed by atoms with Gasteiger partial charge in [0, 0.05) is 0 Å². The number of unbranched alkanes of at least 4 members (excludes halogenated alkanes) is 1. The Morgan fingerprint density at radius 1 is 1.38 bits per heavy atom. The molecule has 0 amide bonds. The van der Waals surface area contributed by atoms with Crippen LogP contribution in [0.5, 0.6) is 0 Å². The fourth-order valence-corrected chi connectivity index (χ4v) is 1.91. The Labute approximate surface area is 91.6 Å². The van der Waals surface area contributed by atoms with Crippen LogP contribution in [-0.2, 0) is 9.09 Å². The maximum atomic E-state index is 11.0. The first-order valence-electron chi connectivity index (χ1n) is 4.69. The zero-order valence-electron chi connectivity index (χ0n) is 8.27. The molecule has 0 aliphatic rings. The SMILES string of the molecule is CCCCC(CC)COP(=O)(S)S. The van der Waals surface area contributed by atoms with Crippen molar-refractivity contribution >= 4 is 30.3 Å². The topological polar surface area (TPSA) is 26.3 Å². The van der Waals surface area contributed by atoms with Crippen molar-refractivity contribution in [2.24, 2.45) is 5.92 Å². The average molecular weight is 242 g/mol. The van der Waals surface area contributed by atoms with Crippen molar-refractivity contribution in [1.29, 1.82) is 0 Å². The van der Waals surface area contributed by atoms with E-state index in [-0.39, 0.29) is 0 Å². The van der Waals surface area contributed by atoms with Gasteiger partial charge in [-0.1, -0.05) is 57.6 Å². The molecule has 0 aromatic carbocycles. The largest absolute Gasteiger partial charge is 0.314 e. The molecule has 0 aliphatic carbocycles. The molecule has 2 nitrogen and oxygen atoms in total. The number of rotatable bonds is 7. The van der Waals surface area contributed by atoms with Gasteiger partial charge in [0.1, 0.15) is 0 Å². The molecular formula is C8H19O2PS2. The molecule has 0 aromatic rings. The van der Waals surface area contributed by atoms with Gasteiger partial charge < -0.3 is 4.52 Å². The van der Waals surface area contributed by atoms with E-state index in [0.717, 1.165) is 12.8 Å². The van der Waals surface area contributed by atoms with Gasteiger partial charge in [-0.2, -0.15) is 0 Å². The maximum Gasteiger partial charge on any atom is 0.307 e. The standard InChI is InChI=1S/C8H19O2PS2/c1-3-5-6-8(4-2)7-10-11(9,12)13/h8H,3-7H2,1-2H3,(H2,9,12,13). The molecule has 1 atom stereocenters. The van der Waals surface area contributed by atoms with Crippen LogP contribution in [0, 0.1) is 5.92 Å². The van der Waals surface area contributed by atoms with Crippen LogP contribution in [0.3, 0.4) is 0 Å². The van der Waals surface area contributed by atoms with Crippen molar-refractivity contribution < 1.29 is 9.09 Å². The monoisotopic (exact) mass is 242 g/mol. The Morgan fingerprint density at radius 2 is 2.00 bits per heavy atom. The molecule has 0 N–H and O–H groups in total. The molecule has 5 heteroatoms. The molecule has 13 heavy (non-hydrogen) atoms. The van der Waals surface area contributed by atoms with Gasteiger partial charge in [-0.15, -0.1) is 0 Å². The van der Waals surface area contributed by atoms with E-state index in [1.807, 2.05) is 0 Å². The molecule has 0 heterocycles. The minimum atomic E-state index is -2.88. The highest BCUT2D eigenvalue weighted by Crippen LogP contribution is 2.56. The highest BCUT2D eigenvalue weighted by atomic mass is 33.1. The highest BCUT2D eigenvalue weighted by molar-refractivity contribution is 8.79. The highest BCUT2D eigenvalue weighted by Gasteiger charge is 2.13. The van der Waals surface area contributed by atoms with Crippen molar-refractivity contribution in [2.45, 2.75) is 39.5 Å². The molecule has 0 radical (unpaired) electrons. The van der Waals surface area contributed by atoms with E-state index in [9.17, 15) is 4.57 Å². The predicted molar refractivity (Wildman–Crippen MR) is 64.8 cm³/mol. The normalized spacial score (nSPS) is 14.5. The lowest BCUT2D eigenvalue weighted by molar-refractivity contribution is 0.247. The van der Waals surface area contributed by atoms with E-state index in [0.29, 0.717) is 12.5 Å². The third kappa shape index (κ3) is 9.20. The van der Waals surface area contributed by atoms with E-state index in [1.54, 1.807) is 0 Å². The van der Waals surface area contributed by atoms with Crippen LogP contribution in [0.15, 0.2) is 0 Å². The number of hydrogen-bond acceptors (Lipinski definition) is 2. The fraction of sp³-hybridized carbons (Fsp3) is 1.00. The van der Waals surface area contributed by atoms with E-state index in [4.69, 9.17) is 4.52 Å². The summed E-state index contributed by atoms with van der Waals surface area (Å²) in [6, 6.07) is 0. The van der Waals surface area contributed by atoms with Crippen molar-refractivity contribution in [3.8, 4) is 0 Å². The van der Waals surface area contributed by atoms with Crippen LogP contribution in [-0.4, -0.2) is 6.61 Å². The van der Waals surface area contributed by atoms with E-state index >= 15 is 0 Å². The Hall–Kier alpha value is 0.890. The lowest BCUT2D eigenvalue weighted by Gasteiger charge is -2.15. The lowest BCUT2D eigenvalue weighted by Crippen LogP contribution is -2.06. The lowest BCUT2D eigenvalue weighted by atomic mass is 10.0. The van der Waals surface area contributed by atoms with Crippen LogP contribution in [0.25, 0.3) is 0 Å². The van der Waals surface area contributed by atoms with Crippen LogP contribution in [0.2, 0.25) is 0 Å². The van der Waals surface area contributed by atoms with Crippen LogP contribution in [0.1, 0.15) is 39.5 Å². The summed E-state index contributed by atoms with van der Waals surface area (Å²) in [5, 5.41) is 0. The first-order valence-corrected chi connectivity index (χ1v) is 8.62. The van der Waals surface area contributed by atoms with Crippen LogP contribution < -0.4 is 0 Å². The fourth-order valence-electron chi connectivity index (χ4n) is 1.10. The maximum absolute atomic E-state index is 11.0. The quantitative estimate of drug-likeness (QED) is 0.517. The molecule has 0 rings (SSSR count). The van der Waals surface area contributed by atoms with Gasteiger partial charge in [0.15, 0.2) is 0 Å². The molecule has 0 saturated carbocycles. The Balaban J connectivity index is 3.65. The predicted octanol–water partition coefficient (Wildman–Crippen LogP) is 4.19. The number of hydrogen-bond donors (Lipinski definition) is 2. The second-order valence-corrected chi connectivity index (χ2v) is 8.55. The second-order valence-electron chi connectivity index (χ2n) is 3.20. The molecular weight excluding hydrogens is 223 g/mol.